The molecular weight excluding hydrogens is 380 g/mol. The van der Waals surface area contributed by atoms with E-state index in [1.165, 1.54) is 0 Å². The first kappa shape index (κ1) is 22.9. The molecule has 0 fully saturated rings. The maximum atomic E-state index is 12.2. The van der Waals surface area contributed by atoms with Crippen LogP contribution in [0.25, 0.3) is 0 Å². The van der Waals surface area contributed by atoms with E-state index in [1.807, 2.05) is 20.8 Å². The van der Waals surface area contributed by atoms with Crippen LogP contribution in [0.4, 0.5) is 17.1 Å². The average Bonchev–Trinajstić information content (AvgIpc) is 2.73. The van der Waals surface area contributed by atoms with Crippen molar-refractivity contribution < 1.29 is 14.4 Å². The Morgan fingerprint density at radius 1 is 0.867 bits per heavy atom. The summed E-state index contributed by atoms with van der Waals surface area (Å²) in [6, 6.07) is 14.1. The second kappa shape index (κ2) is 11.6. The van der Waals surface area contributed by atoms with Crippen LogP contribution >= 0.6 is 0 Å². The molecule has 0 aromatic heterocycles. The molecule has 2 aromatic carbocycles. The molecule has 3 amide bonds. The van der Waals surface area contributed by atoms with Gasteiger partial charge in [-0.2, -0.15) is 0 Å². The number of carbonyl (C=O) groups is 3. The third-order valence-corrected chi connectivity index (χ3v) is 4.50. The van der Waals surface area contributed by atoms with Crippen molar-refractivity contribution in [2.75, 3.05) is 22.5 Å². The van der Waals surface area contributed by atoms with Crippen molar-refractivity contribution >= 4 is 34.8 Å². The van der Waals surface area contributed by atoms with Crippen LogP contribution in [0.1, 0.15) is 50.4 Å². The number of nitrogens with one attached hydrogen (secondary N) is 4. The van der Waals surface area contributed by atoms with Gasteiger partial charge in [0.25, 0.3) is 5.91 Å². The highest BCUT2D eigenvalue weighted by molar-refractivity contribution is 5.98. The summed E-state index contributed by atoms with van der Waals surface area (Å²) in [5.41, 5.74) is 2.55. The smallest absolute Gasteiger partial charge is 0.251 e. The number of amides is 3. The van der Waals surface area contributed by atoms with Crippen molar-refractivity contribution in [3.05, 3.63) is 54.1 Å². The highest BCUT2D eigenvalue weighted by Gasteiger charge is 2.10. The Kier molecular flexibility index (Phi) is 8.87. The van der Waals surface area contributed by atoms with E-state index in [1.54, 1.807) is 48.5 Å². The van der Waals surface area contributed by atoms with E-state index in [0.717, 1.165) is 24.2 Å². The second-order valence-electron chi connectivity index (χ2n) is 7.14. The first-order chi connectivity index (χ1) is 14.4. The standard InChI is InChI=1S/C23H30N4O3/c1-4-7-21(28)26-19-12-10-18(11-13-19)24-15-22(29)27-20-9-6-8-17(14-20)23(30)25-16(3)5-2/h6,8-14,16,24H,4-5,7,15H2,1-3H3,(H,25,30)(H,26,28)(H,27,29). The fourth-order valence-electron chi connectivity index (χ4n) is 2.66. The lowest BCUT2D eigenvalue weighted by atomic mass is 10.1. The van der Waals surface area contributed by atoms with Crippen LogP contribution in [0, 0.1) is 0 Å². The van der Waals surface area contributed by atoms with Gasteiger partial charge in [0.2, 0.25) is 11.8 Å². The summed E-state index contributed by atoms with van der Waals surface area (Å²) in [7, 11) is 0. The van der Waals surface area contributed by atoms with Crippen LogP contribution in [0.2, 0.25) is 0 Å². The molecule has 160 valence electrons. The second-order valence-corrected chi connectivity index (χ2v) is 7.14. The predicted octanol–water partition coefficient (Wildman–Crippen LogP) is 4.00. The molecule has 0 saturated heterocycles. The van der Waals surface area contributed by atoms with Gasteiger partial charge in [-0.1, -0.05) is 19.9 Å². The van der Waals surface area contributed by atoms with Gasteiger partial charge in [-0.3, -0.25) is 14.4 Å². The van der Waals surface area contributed by atoms with E-state index >= 15 is 0 Å². The number of hydrogen-bond donors (Lipinski definition) is 4. The van der Waals surface area contributed by atoms with Crippen molar-refractivity contribution in [1.29, 1.82) is 0 Å². The number of benzene rings is 2. The summed E-state index contributed by atoms with van der Waals surface area (Å²) in [6.07, 6.45) is 2.13. The molecule has 7 heteroatoms. The number of carbonyl (C=O) groups excluding carboxylic acids is 3. The van der Waals surface area contributed by atoms with E-state index in [0.29, 0.717) is 17.7 Å². The molecule has 4 N–H and O–H groups in total. The van der Waals surface area contributed by atoms with Gasteiger partial charge >= 0.3 is 0 Å². The Morgan fingerprint density at radius 2 is 1.53 bits per heavy atom. The molecule has 2 rings (SSSR count). The summed E-state index contributed by atoms with van der Waals surface area (Å²) in [4.78, 5) is 36.1. The zero-order valence-electron chi connectivity index (χ0n) is 17.7. The van der Waals surface area contributed by atoms with Crippen LogP contribution in [-0.4, -0.2) is 30.3 Å². The number of hydrogen-bond acceptors (Lipinski definition) is 4. The van der Waals surface area contributed by atoms with E-state index in [-0.39, 0.29) is 30.3 Å². The van der Waals surface area contributed by atoms with E-state index < -0.39 is 0 Å². The highest BCUT2D eigenvalue weighted by atomic mass is 16.2. The van der Waals surface area contributed by atoms with Crippen LogP contribution < -0.4 is 21.3 Å². The predicted molar refractivity (Wildman–Crippen MR) is 121 cm³/mol. The fourth-order valence-corrected chi connectivity index (χ4v) is 2.66. The largest absolute Gasteiger partial charge is 0.376 e. The molecule has 1 unspecified atom stereocenters. The van der Waals surface area contributed by atoms with Gasteiger partial charge in [-0.15, -0.1) is 0 Å². The Hall–Kier alpha value is -3.35. The van der Waals surface area contributed by atoms with Crippen LogP contribution in [0.5, 0.6) is 0 Å². The van der Waals surface area contributed by atoms with E-state index in [4.69, 9.17) is 0 Å². The summed E-state index contributed by atoms with van der Waals surface area (Å²) >= 11 is 0. The van der Waals surface area contributed by atoms with Crippen LogP contribution in [0.3, 0.4) is 0 Å². The highest BCUT2D eigenvalue weighted by Crippen LogP contribution is 2.14. The van der Waals surface area contributed by atoms with Crippen molar-refractivity contribution in [3.8, 4) is 0 Å². The summed E-state index contributed by atoms with van der Waals surface area (Å²) in [5, 5.41) is 11.5. The van der Waals surface area contributed by atoms with Crippen LogP contribution in [-0.2, 0) is 9.59 Å². The number of anilines is 3. The molecule has 0 spiro atoms. The SMILES string of the molecule is CCCC(=O)Nc1ccc(NCC(=O)Nc2cccc(C(=O)NC(C)CC)c2)cc1. The molecule has 0 saturated carbocycles. The van der Waals surface area contributed by atoms with Crippen molar-refractivity contribution in [3.63, 3.8) is 0 Å². The topological polar surface area (TPSA) is 99.3 Å². The Labute approximate surface area is 177 Å². The Bertz CT molecular complexity index is 865. The summed E-state index contributed by atoms with van der Waals surface area (Å²) < 4.78 is 0. The van der Waals surface area contributed by atoms with E-state index in [9.17, 15) is 14.4 Å². The Balaban J connectivity index is 1.85. The lowest BCUT2D eigenvalue weighted by Gasteiger charge is -2.12. The molecular formula is C23H30N4O3. The molecule has 0 bridgehead atoms. The molecule has 0 aliphatic carbocycles. The van der Waals surface area contributed by atoms with Gasteiger partial charge in [0.15, 0.2) is 0 Å². The summed E-state index contributed by atoms with van der Waals surface area (Å²) in [6.45, 7) is 5.98. The Morgan fingerprint density at radius 3 is 2.20 bits per heavy atom. The fraction of sp³-hybridized carbons (Fsp3) is 0.348. The molecule has 0 radical (unpaired) electrons. The van der Waals surface area contributed by atoms with Crippen molar-refractivity contribution in [1.82, 2.24) is 5.32 Å². The van der Waals surface area contributed by atoms with Gasteiger partial charge in [0.1, 0.15) is 0 Å². The van der Waals surface area contributed by atoms with Gasteiger partial charge in [0.05, 0.1) is 6.54 Å². The quantitative estimate of drug-likeness (QED) is 0.476. The maximum absolute atomic E-state index is 12.2. The van der Waals surface area contributed by atoms with Gasteiger partial charge < -0.3 is 21.3 Å². The normalized spacial score (nSPS) is 11.3. The lowest BCUT2D eigenvalue weighted by Crippen LogP contribution is -2.32. The molecule has 1 atom stereocenters. The third-order valence-electron chi connectivity index (χ3n) is 4.50. The molecule has 30 heavy (non-hydrogen) atoms. The maximum Gasteiger partial charge on any atom is 0.251 e. The molecule has 7 nitrogen and oxygen atoms in total. The molecule has 2 aromatic rings. The lowest BCUT2D eigenvalue weighted by molar-refractivity contribution is -0.116. The van der Waals surface area contributed by atoms with Crippen molar-refractivity contribution in [2.24, 2.45) is 0 Å². The summed E-state index contributed by atoms with van der Waals surface area (Å²) in [5.74, 6) is -0.405. The minimum absolute atomic E-state index is 0.0161. The monoisotopic (exact) mass is 410 g/mol. The van der Waals surface area contributed by atoms with Crippen molar-refractivity contribution in [2.45, 2.75) is 46.1 Å². The zero-order chi connectivity index (χ0) is 21.9. The first-order valence-electron chi connectivity index (χ1n) is 10.3. The van der Waals surface area contributed by atoms with Gasteiger partial charge in [-0.25, -0.2) is 0 Å². The minimum Gasteiger partial charge on any atom is -0.376 e. The van der Waals surface area contributed by atoms with Gasteiger partial charge in [-0.05, 0) is 62.2 Å². The molecule has 0 heterocycles. The van der Waals surface area contributed by atoms with Crippen LogP contribution in [0.15, 0.2) is 48.5 Å². The average molecular weight is 411 g/mol. The molecule has 0 aliphatic heterocycles. The minimum atomic E-state index is -0.227. The first-order valence-corrected chi connectivity index (χ1v) is 10.3. The third kappa shape index (κ3) is 7.58. The van der Waals surface area contributed by atoms with E-state index in [2.05, 4.69) is 21.3 Å². The number of rotatable bonds is 10. The molecule has 0 aliphatic rings. The van der Waals surface area contributed by atoms with Gasteiger partial charge in [0, 0.05) is 35.1 Å². The zero-order valence-corrected chi connectivity index (χ0v) is 17.7.